The fraction of sp³-hybridized carbons (Fsp3) is 0.447. The number of quaternary nitrogens is 1. The van der Waals surface area contributed by atoms with Gasteiger partial charge in [0.15, 0.2) is 5.72 Å². The maximum atomic E-state index is 12.6. The fourth-order valence-electron chi connectivity index (χ4n) is 7.71. The van der Waals surface area contributed by atoms with Gasteiger partial charge in [0.05, 0.1) is 31.1 Å². The van der Waals surface area contributed by atoms with Crippen LogP contribution in [0.1, 0.15) is 110 Å². The van der Waals surface area contributed by atoms with Crippen LogP contribution in [0.25, 0.3) is 17.2 Å². The zero-order valence-electron chi connectivity index (χ0n) is 33.6. The number of aliphatic hydroxyl groups is 1. The number of hydrogen-bond donors (Lipinski definition) is 1. The van der Waals surface area contributed by atoms with Gasteiger partial charge in [-0.1, -0.05) is 152 Å². The largest absolute Gasteiger partial charge is 0.872 e. The first kappa shape index (κ1) is 42.3. The summed E-state index contributed by atoms with van der Waals surface area (Å²) in [4.78, 5) is 12.6. The first-order valence-electron chi connectivity index (χ1n) is 20.2. The number of rotatable bonds is 18. The molecular formula is C47H63N3O4. The van der Waals surface area contributed by atoms with Gasteiger partial charge in [-0.2, -0.15) is 0 Å². The second-order valence-electron chi connectivity index (χ2n) is 15.5. The topological polar surface area (TPSA) is 89.7 Å². The van der Waals surface area contributed by atoms with E-state index in [1.165, 1.54) is 100 Å². The molecule has 1 aliphatic heterocycles. The van der Waals surface area contributed by atoms with Crippen molar-refractivity contribution in [1.29, 1.82) is 0 Å². The summed E-state index contributed by atoms with van der Waals surface area (Å²) in [7, 11) is 0. The maximum Gasteiger partial charge on any atom is 0.269 e. The number of benzene rings is 4. The van der Waals surface area contributed by atoms with Gasteiger partial charge in [0.2, 0.25) is 0 Å². The molecule has 7 heteroatoms. The molecule has 0 spiro atoms. The molecule has 0 radical (unpaired) electrons. The number of hydrogen-bond acceptors (Lipinski definition) is 5. The molecule has 1 unspecified atom stereocenters. The van der Waals surface area contributed by atoms with E-state index in [1.54, 1.807) is 11.0 Å². The van der Waals surface area contributed by atoms with E-state index >= 15 is 0 Å². The fourth-order valence-corrected chi connectivity index (χ4v) is 7.71. The Bertz CT molecular complexity index is 1750. The molecule has 1 N–H and O–H groups in total. The number of nitrogens with zero attached hydrogens (tertiary/aromatic N) is 3. The Kier molecular flexibility index (Phi) is 15.5. The van der Waals surface area contributed by atoms with Crippen molar-refractivity contribution in [3.05, 3.63) is 130 Å². The summed E-state index contributed by atoms with van der Waals surface area (Å²) >= 11 is 0. The average Bonchev–Trinajstić information content (AvgIpc) is 3.35. The lowest BCUT2D eigenvalue weighted by molar-refractivity contribution is -0.929. The summed E-state index contributed by atoms with van der Waals surface area (Å²) < 4.78 is 1.42. The van der Waals surface area contributed by atoms with E-state index in [1.807, 2.05) is 86.7 Å². The van der Waals surface area contributed by atoms with Crippen LogP contribution in [-0.2, 0) is 12.0 Å². The van der Waals surface area contributed by atoms with Gasteiger partial charge in [0, 0.05) is 29.8 Å². The van der Waals surface area contributed by atoms with Crippen LogP contribution in [0.5, 0.6) is 5.75 Å². The molecule has 5 rings (SSSR count). The van der Waals surface area contributed by atoms with Crippen molar-refractivity contribution in [3.8, 4) is 16.9 Å². The van der Waals surface area contributed by atoms with E-state index in [4.69, 9.17) is 0 Å². The average molecular weight is 734 g/mol. The van der Waals surface area contributed by atoms with E-state index in [-0.39, 0.29) is 23.5 Å². The molecule has 1 heterocycles. The molecule has 0 fully saturated rings. The molecule has 1 atom stereocenters. The maximum absolute atomic E-state index is 12.6. The predicted molar refractivity (Wildman–Crippen MR) is 223 cm³/mol. The van der Waals surface area contributed by atoms with Gasteiger partial charge >= 0.3 is 0 Å². The molecule has 0 saturated heterocycles. The Hall–Kier alpha value is -4.46. The van der Waals surface area contributed by atoms with Crippen LogP contribution in [0.4, 0.5) is 11.4 Å². The van der Waals surface area contributed by atoms with Gasteiger partial charge in [0.1, 0.15) is 0 Å². The number of non-ortho nitro benzene ring substituents is 1. The second kappa shape index (κ2) is 19.7. The highest BCUT2D eigenvalue weighted by atomic mass is 16.6. The molecule has 0 amide bonds. The minimum absolute atomic E-state index is 0.0226. The van der Waals surface area contributed by atoms with E-state index < -0.39 is 16.1 Å². The Morgan fingerprint density at radius 1 is 0.722 bits per heavy atom. The number of para-hydroxylation sites is 1. The quantitative estimate of drug-likeness (QED) is 0.0625. The minimum atomic E-state index is -1.49. The van der Waals surface area contributed by atoms with Crippen LogP contribution in [0, 0.1) is 10.1 Å². The third-order valence-electron chi connectivity index (χ3n) is 11.3. The molecule has 1 aliphatic rings. The number of nitro groups is 1. The molecule has 4 aromatic rings. The number of nitro benzene ring substituents is 1. The van der Waals surface area contributed by atoms with Gasteiger partial charge < -0.3 is 19.6 Å². The van der Waals surface area contributed by atoms with Crippen molar-refractivity contribution >= 4 is 17.5 Å². The molecular weight excluding hydrogens is 671 g/mol. The lowest BCUT2D eigenvalue weighted by Gasteiger charge is -2.42. The van der Waals surface area contributed by atoms with Gasteiger partial charge in [-0.3, -0.25) is 10.1 Å². The summed E-state index contributed by atoms with van der Waals surface area (Å²) in [6.45, 7) is 19.0. The van der Waals surface area contributed by atoms with Crippen LogP contribution >= 0.6 is 0 Å². The van der Waals surface area contributed by atoms with Crippen molar-refractivity contribution in [1.82, 2.24) is 0 Å². The Morgan fingerprint density at radius 2 is 1.24 bits per heavy atom. The highest BCUT2D eigenvalue weighted by Crippen LogP contribution is 2.52. The van der Waals surface area contributed by atoms with E-state index in [0.29, 0.717) is 0 Å². The summed E-state index contributed by atoms with van der Waals surface area (Å²) in [5.41, 5.74) is 2.73. The number of fused-ring (bicyclic) bond motifs is 1. The monoisotopic (exact) mass is 733 g/mol. The Labute approximate surface area is 324 Å². The van der Waals surface area contributed by atoms with Crippen LogP contribution in [0.2, 0.25) is 0 Å². The predicted octanol–water partition coefficient (Wildman–Crippen LogP) is 11.0. The lowest BCUT2D eigenvalue weighted by atomic mass is 9.77. The molecule has 4 aromatic carbocycles. The van der Waals surface area contributed by atoms with Crippen LogP contribution in [0.15, 0.2) is 103 Å². The van der Waals surface area contributed by atoms with Crippen molar-refractivity contribution in [3.63, 3.8) is 0 Å². The molecule has 0 bridgehead atoms. The lowest BCUT2D eigenvalue weighted by Crippen LogP contribution is -2.54. The summed E-state index contributed by atoms with van der Waals surface area (Å²) in [5, 5.41) is 36.2. The van der Waals surface area contributed by atoms with E-state index in [9.17, 15) is 20.3 Å². The van der Waals surface area contributed by atoms with Gasteiger partial charge in [-0.15, -0.1) is 5.75 Å². The van der Waals surface area contributed by atoms with Gasteiger partial charge in [-0.05, 0) is 65.6 Å². The molecule has 54 heavy (non-hydrogen) atoms. The SMILES string of the molecule is CC1(C)c2ccccc2N(Cc2cc([N+](=O)[O-])ccc2[O-])C1(O)/C=C/c1ccc(-c2ccccc2)cc1.CCCC[N+](CCCC)(CCCC)CCCC. The third-order valence-corrected chi connectivity index (χ3v) is 11.3. The zero-order valence-corrected chi connectivity index (χ0v) is 33.6. The van der Waals surface area contributed by atoms with Gasteiger partial charge in [-0.25, -0.2) is 0 Å². The molecule has 0 saturated carbocycles. The number of unbranched alkanes of at least 4 members (excludes halogenated alkanes) is 4. The molecule has 0 aromatic heterocycles. The van der Waals surface area contributed by atoms with Crippen molar-refractivity contribution in [2.24, 2.45) is 0 Å². The standard InChI is InChI=1S/C31H28N2O4.C16H36N/c1-30(2)27-10-6-7-11-28(27)32(21-25-20-26(33(36)37)16-17-29(25)34)31(30,35)19-18-22-12-14-24(15-13-22)23-8-4-3-5-9-23;1-5-9-13-17(14-10-6-2,15-11-7-3)16-12-8-4/h3-20,34-35H,21H2,1-2H3;5-16H2,1-4H3/q;+1/p-1/b19-18+;. The summed E-state index contributed by atoms with van der Waals surface area (Å²) in [6, 6.07) is 29.6. The zero-order chi connectivity index (χ0) is 39.2. The normalized spacial score (nSPS) is 16.2. The Balaban J connectivity index is 0.000000324. The second-order valence-corrected chi connectivity index (χ2v) is 15.5. The summed E-state index contributed by atoms with van der Waals surface area (Å²) in [6.07, 6.45) is 14.7. The Morgan fingerprint density at radius 3 is 1.78 bits per heavy atom. The van der Waals surface area contributed by atoms with Crippen molar-refractivity contribution in [2.45, 2.75) is 111 Å². The van der Waals surface area contributed by atoms with Crippen LogP contribution in [0.3, 0.4) is 0 Å². The third kappa shape index (κ3) is 10.2. The van der Waals surface area contributed by atoms with Crippen molar-refractivity contribution in [2.75, 3.05) is 31.1 Å². The van der Waals surface area contributed by atoms with E-state index in [0.717, 1.165) is 27.9 Å². The molecule has 290 valence electrons. The van der Waals surface area contributed by atoms with Gasteiger partial charge in [0.25, 0.3) is 5.69 Å². The first-order chi connectivity index (χ1) is 25.9. The van der Waals surface area contributed by atoms with Crippen molar-refractivity contribution < 1.29 is 19.6 Å². The molecule has 7 nitrogen and oxygen atoms in total. The smallest absolute Gasteiger partial charge is 0.269 e. The first-order valence-corrected chi connectivity index (χ1v) is 20.2. The van der Waals surface area contributed by atoms with Crippen LogP contribution in [-0.4, -0.2) is 46.4 Å². The van der Waals surface area contributed by atoms with E-state index in [2.05, 4.69) is 39.8 Å². The minimum Gasteiger partial charge on any atom is -0.872 e. The molecule has 0 aliphatic carbocycles. The highest BCUT2D eigenvalue weighted by Gasteiger charge is 2.54. The summed E-state index contributed by atoms with van der Waals surface area (Å²) in [5.74, 6) is -0.310. The number of anilines is 1. The van der Waals surface area contributed by atoms with Crippen LogP contribution < -0.4 is 10.0 Å². The highest BCUT2D eigenvalue weighted by molar-refractivity contribution is 5.70.